The third kappa shape index (κ3) is 4.60. The van der Waals surface area contributed by atoms with E-state index in [1.165, 1.54) is 37.1 Å². The minimum absolute atomic E-state index is 0.0176. The van der Waals surface area contributed by atoms with Crippen LogP contribution in [0.15, 0.2) is 48.5 Å². The molecule has 2 aliphatic carbocycles. The summed E-state index contributed by atoms with van der Waals surface area (Å²) in [5.74, 6) is 0.182. The molecule has 0 amide bonds. The lowest BCUT2D eigenvalue weighted by atomic mass is 9.53. The predicted molar refractivity (Wildman–Crippen MR) is 143 cm³/mol. The Morgan fingerprint density at radius 1 is 0.949 bits per heavy atom. The lowest BCUT2D eigenvalue weighted by Gasteiger charge is -2.51. The van der Waals surface area contributed by atoms with Crippen LogP contribution >= 0.6 is 0 Å². The zero-order valence-corrected chi connectivity index (χ0v) is 22.7. The van der Waals surface area contributed by atoms with E-state index in [4.69, 9.17) is 9.47 Å². The largest absolute Gasteiger partial charge is 0.462 e. The van der Waals surface area contributed by atoms with E-state index in [0.29, 0.717) is 5.92 Å². The Bertz CT molecular complexity index is 1160. The molecule has 7 heteroatoms. The zero-order chi connectivity index (χ0) is 26.8. The van der Waals surface area contributed by atoms with Crippen LogP contribution in [0.5, 0.6) is 0 Å². The molecule has 208 valence electrons. The molecule has 5 aliphatic rings. The van der Waals surface area contributed by atoms with Crippen LogP contribution in [0, 0.1) is 34.8 Å². The van der Waals surface area contributed by atoms with E-state index in [9.17, 15) is 13.6 Å². The number of hydrogen-bond acceptors (Lipinski definition) is 5. The number of fused-ring (bicyclic) bond motifs is 3. The first-order valence-corrected chi connectivity index (χ1v) is 14.7. The highest BCUT2D eigenvalue weighted by atomic mass is 19.1. The molecule has 0 radical (unpaired) electrons. The molecule has 0 bridgehead atoms. The summed E-state index contributed by atoms with van der Waals surface area (Å²) in [4.78, 5) is 17.9. The van der Waals surface area contributed by atoms with Gasteiger partial charge in [0, 0.05) is 38.6 Å². The van der Waals surface area contributed by atoms with Crippen LogP contribution in [0.3, 0.4) is 0 Å². The Labute approximate surface area is 229 Å². The van der Waals surface area contributed by atoms with E-state index >= 15 is 0 Å². The van der Waals surface area contributed by atoms with Crippen LogP contribution in [-0.2, 0) is 14.3 Å². The molecular weight excluding hydrogens is 498 g/mol. The lowest BCUT2D eigenvalue weighted by molar-refractivity contribution is -0.147. The maximum Gasteiger partial charge on any atom is 0.310 e. The molecule has 0 aromatic heterocycles. The van der Waals surface area contributed by atoms with E-state index in [0.717, 1.165) is 69.7 Å². The quantitative estimate of drug-likeness (QED) is 0.388. The van der Waals surface area contributed by atoms with Crippen LogP contribution in [0.25, 0.3) is 0 Å². The summed E-state index contributed by atoms with van der Waals surface area (Å²) >= 11 is 0. The van der Waals surface area contributed by atoms with Crippen molar-refractivity contribution in [3.63, 3.8) is 0 Å². The van der Waals surface area contributed by atoms with Crippen LogP contribution in [0.4, 0.5) is 8.78 Å². The highest BCUT2D eigenvalue weighted by molar-refractivity contribution is 5.75. The van der Waals surface area contributed by atoms with Crippen molar-refractivity contribution >= 4 is 5.97 Å². The molecule has 2 unspecified atom stereocenters. The highest BCUT2D eigenvalue weighted by Gasteiger charge is 2.65. The first-order valence-electron chi connectivity index (χ1n) is 14.7. The van der Waals surface area contributed by atoms with Gasteiger partial charge in [0.25, 0.3) is 0 Å². The van der Waals surface area contributed by atoms with Gasteiger partial charge in [-0.25, -0.2) is 8.78 Å². The monoisotopic (exact) mass is 536 g/mol. The third-order valence-electron chi connectivity index (χ3n) is 10.7. The molecule has 0 N–H and O–H groups in total. The molecule has 1 spiro atoms. The van der Waals surface area contributed by atoms with Crippen molar-refractivity contribution < 1.29 is 23.0 Å². The third-order valence-corrected chi connectivity index (χ3v) is 10.7. The van der Waals surface area contributed by atoms with Crippen molar-refractivity contribution in [1.29, 1.82) is 0 Å². The number of carbonyl (C=O) groups excluding carboxylic acids is 1. The fourth-order valence-corrected chi connectivity index (χ4v) is 8.55. The molecule has 5 nitrogen and oxygen atoms in total. The number of ether oxygens (including phenoxy) is 2. The molecule has 5 fully saturated rings. The number of rotatable bonds is 5. The van der Waals surface area contributed by atoms with Gasteiger partial charge in [0.15, 0.2) is 0 Å². The van der Waals surface area contributed by atoms with E-state index in [2.05, 4.69) is 16.7 Å². The fraction of sp³-hybridized carbons (Fsp3) is 0.594. The van der Waals surface area contributed by atoms with Gasteiger partial charge in [0.2, 0.25) is 0 Å². The van der Waals surface area contributed by atoms with Gasteiger partial charge in [0.1, 0.15) is 17.7 Å². The van der Waals surface area contributed by atoms with Crippen LogP contribution < -0.4 is 0 Å². The second-order valence-electron chi connectivity index (χ2n) is 12.9. The summed E-state index contributed by atoms with van der Waals surface area (Å²) in [5, 5.41) is 0. The van der Waals surface area contributed by atoms with Crippen LogP contribution in [-0.4, -0.2) is 66.8 Å². The smallest absolute Gasteiger partial charge is 0.310 e. The van der Waals surface area contributed by atoms with Crippen molar-refractivity contribution in [1.82, 2.24) is 9.80 Å². The van der Waals surface area contributed by atoms with E-state index in [1.807, 2.05) is 24.3 Å². The van der Waals surface area contributed by atoms with Crippen molar-refractivity contribution in [2.45, 2.75) is 56.8 Å². The van der Waals surface area contributed by atoms with Gasteiger partial charge in [-0.15, -0.1) is 0 Å². The van der Waals surface area contributed by atoms with Gasteiger partial charge >= 0.3 is 5.97 Å². The predicted octanol–water partition coefficient (Wildman–Crippen LogP) is 5.20. The number of carbonyl (C=O) groups is 1. The average Bonchev–Trinajstić information content (AvgIpc) is 3.63. The summed E-state index contributed by atoms with van der Waals surface area (Å²) < 4.78 is 39.5. The molecule has 3 aliphatic heterocycles. The Kier molecular flexibility index (Phi) is 6.33. The summed E-state index contributed by atoms with van der Waals surface area (Å²) in [5.41, 5.74) is 2.27. The molecule has 39 heavy (non-hydrogen) atoms. The van der Waals surface area contributed by atoms with Gasteiger partial charge in [0.05, 0.1) is 24.2 Å². The first kappa shape index (κ1) is 25.6. The first-order chi connectivity index (χ1) is 18.8. The van der Waals surface area contributed by atoms with Gasteiger partial charge in [-0.2, -0.15) is 0 Å². The average molecular weight is 537 g/mol. The van der Waals surface area contributed by atoms with Gasteiger partial charge in [-0.05, 0) is 78.8 Å². The number of piperazine rings is 1. The molecule has 7 rings (SSSR count). The summed E-state index contributed by atoms with van der Waals surface area (Å²) in [7, 11) is 0. The molecule has 3 saturated heterocycles. The van der Waals surface area contributed by atoms with E-state index in [1.54, 1.807) is 0 Å². The van der Waals surface area contributed by atoms with E-state index < -0.39 is 0 Å². The second kappa shape index (κ2) is 9.64. The summed E-state index contributed by atoms with van der Waals surface area (Å²) in [6.07, 6.45) is 5.63. The Morgan fingerprint density at radius 2 is 1.56 bits per heavy atom. The molecule has 2 aromatic rings. The standard InChI is InChI=1S/C32H38F2N2O3/c1-31-11-2-12-32(20-38-32)28(31)17-25-26(30(37)39-27(25)18-31)19-35-13-15-36(16-14-35)29(21-3-7-23(33)8-4-21)22-5-9-24(34)10-6-22/h3-10,25-29H,2,11-20H2,1H3/t25-,26?,27-,28-,31-,32?/m1/s1. The minimum atomic E-state index is -0.265. The number of hydrogen-bond donors (Lipinski definition) is 0. The number of halogens is 2. The molecular formula is C32H38F2N2O3. The number of epoxide rings is 1. The number of nitrogens with zero attached hydrogens (tertiary/aromatic N) is 2. The Balaban J connectivity index is 1.04. The maximum atomic E-state index is 13.7. The number of benzene rings is 2. The Morgan fingerprint density at radius 3 is 2.15 bits per heavy atom. The van der Waals surface area contributed by atoms with E-state index in [-0.39, 0.29) is 52.6 Å². The molecule has 3 heterocycles. The summed E-state index contributed by atoms with van der Waals surface area (Å²) in [6.45, 7) is 7.33. The number of esters is 1. The Hall–Kier alpha value is -2.35. The molecule has 2 aromatic carbocycles. The van der Waals surface area contributed by atoms with Gasteiger partial charge in [-0.3, -0.25) is 14.6 Å². The van der Waals surface area contributed by atoms with Crippen molar-refractivity contribution in [2.24, 2.45) is 23.2 Å². The van der Waals surface area contributed by atoms with Crippen LogP contribution in [0.2, 0.25) is 0 Å². The zero-order valence-electron chi connectivity index (χ0n) is 22.7. The van der Waals surface area contributed by atoms with Gasteiger partial charge < -0.3 is 9.47 Å². The molecule has 6 atom stereocenters. The molecule has 2 saturated carbocycles. The fourth-order valence-electron chi connectivity index (χ4n) is 8.55. The highest BCUT2D eigenvalue weighted by Crippen LogP contribution is 2.62. The second-order valence-corrected chi connectivity index (χ2v) is 12.9. The van der Waals surface area contributed by atoms with Crippen molar-refractivity contribution in [3.8, 4) is 0 Å². The summed E-state index contributed by atoms with van der Waals surface area (Å²) in [6, 6.07) is 13.2. The van der Waals surface area contributed by atoms with Crippen molar-refractivity contribution in [2.75, 3.05) is 39.3 Å². The minimum Gasteiger partial charge on any atom is -0.462 e. The van der Waals surface area contributed by atoms with Gasteiger partial charge in [-0.1, -0.05) is 31.2 Å². The topological polar surface area (TPSA) is 45.3 Å². The lowest BCUT2D eigenvalue weighted by Crippen LogP contribution is -2.52. The van der Waals surface area contributed by atoms with Crippen LogP contribution in [0.1, 0.15) is 56.2 Å². The SMILES string of the molecule is C[C@]12CCCC3(CO3)[C@@H]1C[C@@H]1C(CN3CCN(C(c4ccc(F)cc4)c4ccc(F)cc4)CC3)C(=O)O[C@@H]1C2. The maximum absolute atomic E-state index is 13.7. The normalized spacial score (nSPS) is 36.6. The van der Waals surface area contributed by atoms with Crippen molar-refractivity contribution in [3.05, 3.63) is 71.3 Å².